The maximum absolute atomic E-state index is 10.1. The zero-order valence-corrected chi connectivity index (χ0v) is 77.4. The summed E-state index contributed by atoms with van der Waals surface area (Å²) in [4.78, 5) is 0. The molecule has 6 aliphatic heterocycles. The highest BCUT2D eigenvalue weighted by Gasteiger charge is 2.49. The molecule has 6 aliphatic carbocycles. The Morgan fingerprint density at radius 3 is 0.846 bits per heavy atom. The van der Waals surface area contributed by atoms with Gasteiger partial charge in [-0.15, -0.1) is 0 Å². The van der Waals surface area contributed by atoms with Gasteiger partial charge >= 0.3 is 0 Å². The lowest BCUT2D eigenvalue weighted by Gasteiger charge is -2.39. The first-order chi connectivity index (χ1) is 63.3. The number of aryl methyl sites for hydroxylation is 8. The summed E-state index contributed by atoms with van der Waals surface area (Å²) >= 11 is 0. The predicted octanol–water partition coefficient (Wildman–Crippen LogP) is 30.3. The number of aromatic hydroxyl groups is 4. The summed E-state index contributed by atoms with van der Waals surface area (Å²) in [6, 6.07) is 86.8. The molecule has 0 radical (unpaired) electrons. The van der Waals surface area contributed by atoms with Crippen LogP contribution in [-0.4, -0.2) is 27.5 Å². The smallest absolute Gasteiger partial charge is 0.165 e. The molecule has 0 unspecified atom stereocenters. The second kappa shape index (κ2) is 38.5. The van der Waals surface area contributed by atoms with Crippen LogP contribution < -0.4 is 33.2 Å². The molecule has 0 aromatic heterocycles. The molecule has 11 heteroatoms. The molecular formula is C119H130O11. The van der Waals surface area contributed by atoms with Gasteiger partial charge in [-0.05, 0) is 284 Å². The number of fused-ring (bicyclic) bond motifs is 18. The second-order valence-corrected chi connectivity index (χ2v) is 39.8. The molecule has 6 saturated carbocycles. The molecule has 130 heavy (non-hydrogen) atoms. The molecule has 6 heterocycles. The normalized spacial score (nSPS) is 26.5. The molecular weight excluding hydrogens is 1610 g/mol. The minimum atomic E-state index is 0.0639. The van der Waals surface area contributed by atoms with Gasteiger partial charge in [0.15, 0.2) is 11.5 Å². The number of phenols is 4. The first kappa shape index (κ1) is 87.7. The second-order valence-electron chi connectivity index (χ2n) is 39.8. The lowest BCUT2D eigenvalue weighted by molar-refractivity contribution is 0.0863. The Hall–Kier alpha value is -11.6. The topological polar surface area (TPSA) is 146 Å². The van der Waals surface area contributed by atoms with E-state index in [1.54, 1.807) is 19.2 Å². The molecule has 12 aromatic carbocycles. The van der Waals surface area contributed by atoms with Crippen LogP contribution in [0, 0.1) is 90.9 Å². The molecule has 18 atom stereocenters. The van der Waals surface area contributed by atoms with E-state index < -0.39 is 0 Å². The Balaban J connectivity index is 0.000000101. The quantitative estimate of drug-likeness (QED) is 0.121. The van der Waals surface area contributed by atoms with Gasteiger partial charge in [0.05, 0.1) is 7.11 Å². The van der Waals surface area contributed by atoms with Gasteiger partial charge in [0.2, 0.25) is 0 Å². The highest BCUT2D eigenvalue weighted by molar-refractivity contribution is 5.57. The van der Waals surface area contributed by atoms with Crippen LogP contribution in [0.3, 0.4) is 0 Å². The summed E-state index contributed by atoms with van der Waals surface area (Å²) in [7, 11) is 1.63. The standard InChI is InChI=1S/C21H24O2.C20H22O3.2C20H22O2.2C19H20O/c1-14-7-9-15(10-8-14)21-18-6-4-2-3-5-17(18)19-13-16(22)11-12-20(19)23-21;1-12-6-8-13(9-7-12)19-16-5-3-4-15(16)17-10-14(21)11-18(22-2)20(17)23-19;2*1-12-6-8-14(9-7-12)20-16-5-3-4-15(16)17-11-18(21)13(2)10-19(17)22-20;2*1-13-9-11-14(12-10-13)19-17-7-4-6-15(17)16-5-2-3-8-18(16)20-19/h7-13,17-18,21-22H,2-6H2,1H3;6-11,15-16,19,21H,3-5H2,1-2H3;2*6-11,15-16,20-21H,3-5H2,1-2H3;2*2-3,5,8-12,15,17,19H,4,6-7H2,1H3/t17-,18+,21+;15-,16+,19+;15-,16+,20+;15-,16+,20-;15-,17-,19+;15-,17-,19-/m000011/s1. The van der Waals surface area contributed by atoms with E-state index in [2.05, 4.69) is 236 Å². The van der Waals surface area contributed by atoms with Gasteiger partial charge in [0.25, 0.3) is 0 Å². The van der Waals surface area contributed by atoms with E-state index >= 15 is 0 Å². The summed E-state index contributed by atoms with van der Waals surface area (Å²) in [5.41, 5.74) is 24.8. The number of hydrogen-bond donors (Lipinski definition) is 4. The lowest BCUT2D eigenvalue weighted by Crippen LogP contribution is -2.29. The number of phenolic OH excluding ortho intramolecular Hbond substituents is 4. The van der Waals surface area contributed by atoms with Crippen molar-refractivity contribution < 1.29 is 53.6 Å². The van der Waals surface area contributed by atoms with Crippen LogP contribution in [-0.2, 0) is 0 Å². The molecule has 672 valence electrons. The highest BCUT2D eigenvalue weighted by atomic mass is 16.5. The van der Waals surface area contributed by atoms with Crippen LogP contribution in [0.5, 0.6) is 63.2 Å². The van der Waals surface area contributed by atoms with Crippen molar-refractivity contribution in [1.82, 2.24) is 0 Å². The Kier molecular flexibility index (Phi) is 26.0. The first-order valence-corrected chi connectivity index (χ1v) is 48.8. The van der Waals surface area contributed by atoms with Crippen LogP contribution in [0.2, 0.25) is 0 Å². The van der Waals surface area contributed by atoms with Crippen molar-refractivity contribution in [2.75, 3.05) is 7.11 Å². The van der Waals surface area contributed by atoms with Crippen LogP contribution in [0.4, 0.5) is 0 Å². The van der Waals surface area contributed by atoms with E-state index in [-0.39, 0.29) is 42.4 Å². The summed E-state index contributed by atoms with van der Waals surface area (Å²) < 4.78 is 43.8. The predicted molar refractivity (Wildman–Crippen MR) is 518 cm³/mol. The lowest BCUT2D eigenvalue weighted by atomic mass is 9.75. The molecule has 12 aromatic rings. The zero-order chi connectivity index (χ0) is 89.4. The Morgan fingerprint density at radius 2 is 0.500 bits per heavy atom. The molecule has 0 bridgehead atoms. The van der Waals surface area contributed by atoms with Crippen molar-refractivity contribution in [3.63, 3.8) is 0 Å². The minimum Gasteiger partial charge on any atom is -0.508 e. The van der Waals surface area contributed by atoms with E-state index in [0.717, 1.165) is 57.6 Å². The zero-order valence-electron chi connectivity index (χ0n) is 77.4. The average molecular weight is 1740 g/mol. The van der Waals surface area contributed by atoms with Crippen LogP contribution in [0.15, 0.2) is 249 Å². The summed E-state index contributed by atoms with van der Waals surface area (Å²) in [6.07, 6.45) is 25.9. The maximum atomic E-state index is 10.1. The Morgan fingerprint density at radius 1 is 0.231 bits per heavy atom. The summed E-state index contributed by atoms with van der Waals surface area (Å²) in [6.45, 7) is 16.6. The number of para-hydroxylation sites is 2. The van der Waals surface area contributed by atoms with Gasteiger partial charge in [-0.1, -0.05) is 267 Å². The van der Waals surface area contributed by atoms with Crippen molar-refractivity contribution in [1.29, 1.82) is 0 Å². The number of benzene rings is 12. The Labute approximate surface area is 770 Å². The molecule has 24 rings (SSSR count). The molecule has 0 amide bonds. The van der Waals surface area contributed by atoms with Gasteiger partial charge in [-0.3, -0.25) is 0 Å². The summed E-state index contributed by atoms with van der Waals surface area (Å²) in [5, 5.41) is 40.0. The number of methoxy groups -OCH3 is 1. The van der Waals surface area contributed by atoms with Crippen LogP contribution in [0.25, 0.3) is 0 Å². The van der Waals surface area contributed by atoms with E-state index in [0.29, 0.717) is 94.0 Å². The van der Waals surface area contributed by atoms with Gasteiger partial charge in [0, 0.05) is 63.8 Å². The number of hydrogen-bond acceptors (Lipinski definition) is 11. The van der Waals surface area contributed by atoms with Crippen molar-refractivity contribution >= 4 is 0 Å². The SMILES string of the molecule is COc1cc(O)cc2c1O[C@H](c1ccc(C)cc1)[C@@H]1CCC[C@H]21.Cc1ccc([C@@H]2Oc3cc(C)c(O)cc3[C@H]3CCC[C@H]32)cc1.Cc1ccc([C@@H]2Oc3ccccc3[C@H]3CCC[C@H]32)cc1.Cc1ccc([C@H]2Oc3cc(C)c(O)cc3[C@H]3CCC[C@H]32)cc1.Cc1ccc([C@H]2Oc3ccc(O)cc3[C@H]3CCCCC[C@H]32)cc1.Cc1ccc([C@H]2Oc3ccccc3[C@H]3CCC[C@H]32)cc1. The molecule has 11 nitrogen and oxygen atoms in total. The molecule has 12 aliphatic rings. The number of ether oxygens (including phenoxy) is 7. The van der Waals surface area contributed by atoms with Crippen molar-refractivity contribution in [3.05, 3.63) is 360 Å². The molecule has 0 spiro atoms. The Bertz CT molecular complexity index is 5680. The monoisotopic (exact) mass is 1730 g/mol. The fraction of sp³-hybridized carbons (Fsp3) is 0.395. The largest absolute Gasteiger partial charge is 0.508 e. The number of rotatable bonds is 7. The first-order valence-electron chi connectivity index (χ1n) is 48.8. The van der Waals surface area contributed by atoms with Gasteiger partial charge < -0.3 is 53.6 Å². The highest BCUT2D eigenvalue weighted by Crippen LogP contribution is 2.62. The maximum Gasteiger partial charge on any atom is 0.165 e. The van der Waals surface area contributed by atoms with Crippen LogP contribution >= 0.6 is 0 Å². The third kappa shape index (κ3) is 18.3. The van der Waals surface area contributed by atoms with Gasteiger partial charge in [0.1, 0.15) is 88.4 Å². The third-order valence-corrected chi connectivity index (χ3v) is 31.4. The molecule has 0 saturated heterocycles. The molecule has 4 N–H and O–H groups in total. The van der Waals surface area contributed by atoms with Crippen molar-refractivity contribution in [2.45, 2.75) is 256 Å². The minimum absolute atomic E-state index is 0.0639. The van der Waals surface area contributed by atoms with E-state index in [4.69, 9.17) is 33.2 Å². The van der Waals surface area contributed by atoms with E-state index in [1.165, 1.54) is 217 Å². The van der Waals surface area contributed by atoms with Crippen LogP contribution in [0.1, 0.15) is 312 Å². The van der Waals surface area contributed by atoms with Gasteiger partial charge in [-0.2, -0.15) is 0 Å². The fourth-order valence-corrected chi connectivity index (χ4v) is 24.6. The summed E-state index contributed by atoms with van der Waals surface area (Å²) in [5.74, 6) is 14.6. The van der Waals surface area contributed by atoms with E-state index in [1.807, 2.05) is 56.3 Å². The third-order valence-electron chi connectivity index (χ3n) is 31.4. The van der Waals surface area contributed by atoms with Crippen molar-refractivity contribution in [2.24, 2.45) is 35.5 Å². The molecule has 6 fully saturated rings. The average Bonchev–Trinajstić information content (AvgIpc) is 1.56. The van der Waals surface area contributed by atoms with Gasteiger partial charge in [-0.25, -0.2) is 0 Å². The van der Waals surface area contributed by atoms with E-state index in [9.17, 15) is 20.4 Å². The van der Waals surface area contributed by atoms with Crippen molar-refractivity contribution in [3.8, 4) is 63.2 Å². The fourth-order valence-electron chi connectivity index (χ4n) is 24.6.